The molecule has 2 saturated heterocycles. The van der Waals surface area contributed by atoms with Gasteiger partial charge in [-0.25, -0.2) is 0 Å². The standard InChI is InChI=1S/C46H77ClN2O12/c1-15-32-21-35(50)27(4)39(60-36-23-44(8,55-13)41(53)30(7)59-36)29(6)42(61-43-38(51)34(49(11)12)19-26(3)58-43)45(9,56-14)22-25(2)37(28(5)40(52)46(32,10)54)48-57-24-31-17-16-18-33(47)20-31/h16-18,20,25-30,32,34,36,38-43,51-54H,15,19,21-24H2,1-14H3/b48-37+/t25-,26-,27+,28+,29+,30+,32+,34+,36+,38-,39-,40-,41+,42-,43+,44-,45-,46-/m1/s1. The maximum Gasteiger partial charge on any atom is 0.185 e. The second-order valence-corrected chi connectivity index (χ2v) is 19.5. The Hall–Kier alpha value is -1.79. The van der Waals surface area contributed by atoms with Crippen LogP contribution in [0.3, 0.4) is 0 Å². The molecule has 0 spiro atoms. The van der Waals surface area contributed by atoms with Crippen LogP contribution in [0.1, 0.15) is 107 Å². The molecule has 1 aromatic rings. The normalized spacial score (nSPS) is 44.2. The number of hydrogen-bond donors (Lipinski definition) is 4. The molecule has 0 amide bonds. The lowest BCUT2D eigenvalue weighted by Crippen LogP contribution is -2.61. The Bertz CT molecular complexity index is 1600. The predicted molar refractivity (Wildman–Crippen MR) is 233 cm³/mol. The summed E-state index contributed by atoms with van der Waals surface area (Å²) in [6.07, 6.45) is -6.63. The van der Waals surface area contributed by atoms with Crippen LogP contribution in [0.15, 0.2) is 29.4 Å². The maximum atomic E-state index is 14.7. The van der Waals surface area contributed by atoms with Crippen LogP contribution in [-0.4, -0.2) is 143 Å². The Morgan fingerprint density at radius 3 is 2.16 bits per heavy atom. The molecule has 1 aromatic carbocycles. The van der Waals surface area contributed by atoms with Crippen LogP contribution >= 0.6 is 11.6 Å². The lowest BCUT2D eigenvalue weighted by molar-refractivity contribution is -0.318. The number of likely N-dealkylation sites (N-methyl/N-ethyl adjacent to an activating group) is 1. The topological polar surface area (TPSA) is 178 Å². The average Bonchev–Trinajstić information content (AvgIpc) is 3.20. The maximum absolute atomic E-state index is 14.7. The van der Waals surface area contributed by atoms with Crippen LogP contribution in [0.25, 0.3) is 0 Å². The molecule has 0 bridgehead atoms. The highest BCUT2D eigenvalue weighted by molar-refractivity contribution is 6.30. The number of halogens is 1. The van der Waals surface area contributed by atoms with Crippen LogP contribution in [0.5, 0.6) is 0 Å². The molecular formula is C46H77ClN2O12. The Balaban J connectivity index is 1.90. The van der Waals surface area contributed by atoms with Crippen molar-refractivity contribution in [3.63, 3.8) is 0 Å². The molecule has 2 heterocycles. The molecule has 61 heavy (non-hydrogen) atoms. The number of hydrogen-bond acceptors (Lipinski definition) is 14. The molecule has 0 radical (unpaired) electrons. The Morgan fingerprint density at radius 2 is 1.57 bits per heavy atom. The first kappa shape index (κ1) is 51.8. The van der Waals surface area contributed by atoms with E-state index in [9.17, 15) is 25.2 Å². The molecule has 3 fully saturated rings. The fourth-order valence-electron chi connectivity index (χ4n) is 10.0. The summed E-state index contributed by atoms with van der Waals surface area (Å²) in [5.74, 6) is -3.44. The van der Waals surface area contributed by atoms with E-state index < -0.39 is 95.6 Å². The van der Waals surface area contributed by atoms with E-state index in [1.165, 1.54) is 7.11 Å². The van der Waals surface area contributed by atoms with E-state index in [4.69, 9.17) is 44.9 Å². The first-order valence-corrected chi connectivity index (χ1v) is 22.4. The summed E-state index contributed by atoms with van der Waals surface area (Å²) in [5.41, 5.74) is -2.64. The fourth-order valence-corrected chi connectivity index (χ4v) is 10.2. The van der Waals surface area contributed by atoms with Gasteiger partial charge in [0.2, 0.25) is 0 Å². The zero-order valence-corrected chi connectivity index (χ0v) is 39.8. The minimum atomic E-state index is -1.72. The minimum absolute atomic E-state index is 0.0652. The highest BCUT2D eigenvalue weighted by Gasteiger charge is 2.53. The zero-order valence-electron chi connectivity index (χ0n) is 39.0. The number of nitrogens with zero attached hydrogens (tertiary/aromatic N) is 2. The van der Waals surface area contributed by atoms with Crippen molar-refractivity contribution in [1.29, 1.82) is 0 Å². The molecule has 0 unspecified atom stereocenters. The first-order chi connectivity index (χ1) is 28.4. The van der Waals surface area contributed by atoms with E-state index in [1.807, 2.05) is 65.7 Å². The number of aliphatic hydroxyl groups is 4. The molecule has 14 nitrogen and oxygen atoms in total. The molecule has 4 rings (SSSR count). The fraction of sp³-hybridized carbons (Fsp3) is 0.826. The highest BCUT2D eigenvalue weighted by Crippen LogP contribution is 2.43. The number of ketones is 1. The number of ether oxygens (including phenoxy) is 6. The Morgan fingerprint density at radius 1 is 0.918 bits per heavy atom. The second kappa shape index (κ2) is 21.5. The van der Waals surface area contributed by atoms with Crippen molar-refractivity contribution < 1.29 is 58.5 Å². The number of aliphatic hydroxyl groups excluding tert-OH is 3. The molecule has 2 aliphatic heterocycles. The summed E-state index contributed by atoms with van der Waals surface area (Å²) in [6, 6.07) is 6.99. The van der Waals surface area contributed by atoms with Crippen molar-refractivity contribution in [1.82, 2.24) is 4.90 Å². The van der Waals surface area contributed by atoms with Crippen LogP contribution in [0, 0.1) is 29.6 Å². The third-order valence-corrected chi connectivity index (χ3v) is 14.5. The molecular weight excluding hydrogens is 808 g/mol. The van der Waals surface area contributed by atoms with E-state index in [1.54, 1.807) is 53.9 Å². The summed E-state index contributed by atoms with van der Waals surface area (Å²) in [4.78, 5) is 22.7. The zero-order chi connectivity index (χ0) is 45.8. The SMILES string of the molecule is CC[C@H]1CC(=O)[C@H](C)[C@@H](O[C@H]2C[C@@](C)(OC)[C@@H](O)[C@H](C)O2)[C@H](C)[C@@H](O[C@@H]2O[C@H](C)C[C@H](N(C)C)[C@H]2O)[C@](C)(OC)C[C@@H](C)/C(=N\OCc2cccc(Cl)c2)[C@H](C)[C@@H](O)[C@]1(C)O. The Labute approximate surface area is 369 Å². The van der Waals surface area contributed by atoms with Gasteiger partial charge in [0.1, 0.15) is 24.6 Å². The smallest absolute Gasteiger partial charge is 0.185 e. The quantitative estimate of drug-likeness (QED) is 0.198. The summed E-state index contributed by atoms with van der Waals surface area (Å²) in [6.45, 7) is 18.5. The van der Waals surface area contributed by atoms with Gasteiger partial charge in [0.05, 0.1) is 53.0 Å². The van der Waals surface area contributed by atoms with Crippen molar-refractivity contribution in [2.45, 2.75) is 186 Å². The van der Waals surface area contributed by atoms with E-state index in [2.05, 4.69) is 5.16 Å². The lowest BCUT2D eigenvalue weighted by Gasteiger charge is -2.50. The van der Waals surface area contributed by atoms with Crippen molar-refractivity contribution >= 4 is 23.1 Å². The van der Waals surface area contributed by atoms with Gasteiger partial charge in [0, 0.05) is 61.8 Å². The van der Waals surface area contributed by atoms with Crippen molar-refractivity contribution in [2.75, 3.05) is 28.3 Å². The van der Waals surface area contributed by atoms with Crippen molar-refractivity contribution in [2.24, 2.45) is 34.7 Å². The molecule has 1 aliphatic carbocycles. The molecule has 15 heteroatoms. The molecule has 1 saturated carbocycles. The van der Waals surface area contributed by atoms with Gasteiger partial charge in [-0.05, 0) is 85.2 Å². The minimum Gasteiger partial charge on any atom is -0.391 e. The number of benzene rings is 1. The summed E-state index contributed by atoms with van der Waals surface area (Å²) < 4.78 is 38.9. The highest BCUT2D eigenvalue weighted by atomic mass is 35.5. The van der Waals surface area contributed by atoms with Gasteiger partial charge in [-0.15, -0.1) is 0 Å². The average molecular weight is 886 g/mol. The number of rotatable bonds is 11. The Kier molecular flexibility index (Phi) is 18.2. The molecule has 4 N–H and O–H groups in total. The number of carbonyl (C=O) groups excluding carboxylic acids is 1. The summed E-state index contributed by atoms with van der Waals surface area (Å²) in [7, 11) is 6.94. The van der Waals surface area contributed by atoms with Gasteiger partial charge in [-0.1, -0.05) is 69.9 Å². The van der Waals surface area contributed by atoms with E-state index in [0.717, 1.165) is 5.56 Å². The van der Waals surface area contributed by atoms with Gasteiger partial charge in [0.15, 0.2) is 12.6 Å². The van der Waals surface area contributed by atoms with Crippen LogP contribution < -0.4 is 0 Å². The van der Waals surface area contributed by atoms with Gasteiger partial charge in [-0.3, -0.25) is 4.79 Å². The van der Waals surface area contributed by atoms with Gasteiger partial charge in [0.25, 0.3) is 0 Å². The third-order valence-electron chi connectivity index (χ3n) is 14.2. The summed E-state index contributed by atoms with van der Waals surface area (Å²) in [5, 5.41) is 52.5. The predicted octanol–water partition coefficient (Wildman–Crippen LogP) is 5.76. The second-order valence-electron chi connectivity index (χ2n) is 19.1. The lowest BCUT2D eigenvalue weighted by atomic mass is 9.69. The first-order valence-electron chi connectivity index (χ1n) is 22.1. The third kappa shape index (κ3) is 11.9. The van der Waals surface area contributed by atoms with Crippen LogP contribution in [0.4, 0.5) is 0 Å². The largest absolute Gasteiger partial charge is 0.391 e. The van der Waals surface area contributed by atoms with Crippen LogP contribution in [0.2, 0.25) is 5.02 Å². The van der Waals surface area contributed by atoms with Crippen molar-refractivity contribution in [3.05, 3.63) is 34.9 Å². The van der Waals surface area contributed by atoms with E-state index >= 15 is 0 Å². The molecule has 18 atom stereocenters. The van der Waals surface area contributed by atoms with Gasteiger partial charge in [-0.2, -0.15) is 0 Å². The number of oxime groups is 1. The molecule has 0 aromatic heterocycles. The number of carbonyl (C=O) groups is 1. The van der Waals surface area contributed by atoms with E-state index in [-0.39, 0.29) is 43.8 Å². The van der Waals surface area contributed by atoms with Gasteiger partial charge >= 0.3 is 0 Å². The molecule has 3 aliphatic rings. The monoisotopic (exact) mass is 885 g/mol. The number of Topliss-reactive ketones (excluding diaryl/α,β-unsaturated/α-hetero) is 1. The van der Waals surface area contributed by atoms with Gasteiger partial charge < -0.3 is 58.6 Å². The molecule has 350 valence electrons. The van der Waals surface area contributed by atoms with Crippen LogP contribution in [-0.2, 0) is 44.7 Å². The number of methoxy groups -OCH3 is 2. The van der Waals surface area contributed by atoms with E-state index in [0.29, 0.717) is 23.6 Å². The summed E-state index contributed by atoms with van der Waals surface area (Å²) >= 11 is 6.26. The van der Waals surface area contributed by atoms with Crippen molar-refractivity contribution in [3.8, 4) is 0 Å².